The molecule has 1 saturated heterocycles. The zero-order chi connectivity index (χ0) is 15.7. The fourth-order valence-electron chi connectivity index (χ4n) is 3.86. The van der Waals surface area contributed by atoms with Gasteiger partial charge in [0.2, 0.25) is 5.91 Å². The van der Waals surface area contributed by atoms with Crippen LogP contribution in [0.15, 0.2) is 22.7 Å². The van der Waals surface area contributed by atoms with E-state index >= 15 is 0 Å². The van der Waals surface area contributed by atoms with Gasteiger partial charge in [-0.3, -0.25) is 9.69 Å². The first kappa shape index (κ1) is 16.0. The summed E-state index contributed by atoms with van der Waals surface area (Å²) < 4.78 is 1.06. The molecule has 3 atom stereocenters. The van der Waals surface area contributed by atoms with E-state index in [1.165, 1.54) is 12.8 Å². The molecule has 120 valence electrons. The van der Waals surface area contributed by atoms with Gasteiger partial charge in [0.15, 0.2) is 0 Å². The summed E-state index contributed by atoms with van der Waals surface area (Å²) in [5.41, 5.74) is 8.22. The Labute approximate surface area is 140 Å². The van der Waals surface area contributed by atoms with Crippen molar-refractivity contribution in [1.29, 1.82) is 0 Å². The fraction of sp³-hybridized carbons (Fsp3) is 0.588. The molecule has 4 nitrogen and oxygen atoms in total. The molecule has 1 aromatic carbocycles. The topological polar surface area (TPSA) is 58.4 Å². The quantitative estimate of drug-likeness (QED) is 0.865. The number of benzene rings is 1. The van der Waals surface area contributed by atoms with Crippen molar-refractivity contribution in [3.8, 4) is 0 Å². The van der Waals surface area contributed by atoms with Gasteiger partial charge in [-0.25, -0.2) is 0 Å². The van der Waals surface area contributed by atoms with Gasteiger partial charge in [-0.15, -0.1) is 0 Å². The summed E-state index contributed by atoms with van der Waals surface area (Å²) in [6, 6.07) is 6.20. The third-order valence-corrected chi connectivity index (χ3v) is 5.93. The largest absolute Gasteiger partial charge is 0.327 e. The standard InChI is InChI=1S/C17H24BrN3O/c1-11-7-13(5-6-15(11)18)20-17(22)10-21-8-12-3-2-4-16(19)14(12)9-21/h5-7,12,14,16H,2-4,8-10,19H2,1H3,(H,20,22). The Kier molecular flexibility index (Phi) is 4.85. The van der Waals surface area contributed by atoms with Crippen LogP contribution in [0.25, 0.3) is 0 Å². The van der Waals surface area contributed by atoms with Gasteiger partial charge in [-0.1, -0.05) is 22.4 Å². The molecule has 5 heteroatoms. The number of rotatable bonds is 3. The summed E-state index contributed by atoms with van der Waals surface area (Å²) in [5.74, 6) is 1.33. The van der Waals surface area contributed by atoms with E-state index < -0.39 is 0 Å². The maximum absolute atomic E-state index is 12.3. The van der Waals surface area contributed by atoms with Gasteiger partial charge in [-0.2, -0.15) is 0 Å². The molecule has 2 fully saturated rings. The van der Waals surface area contributed by atoms with Crippen LogP contribution in [0.5, 0.6) is 0 Å². The first-order valence-corrected chi connectivity index (χ1v) is 8.86. The highest BCUT2D eigenvalue weighted by Gasteiger charge is 2.38. The Balaban J connectivity index is 1.55. The average Bonchev–Trinajstić information content (AvgIpc) is 2.87. The molecule has 1 aromatic rings. The lowest BCUT2D eigenvalue weighted by atomic mass is 9.78. The second kappa shape index (κ2) is 6.69. The second-order valence-electron chi connectivity index (χ2n) is 6.72. The van der Waals surface area contributed by atoms with E-state index in [-0.39, 0.29) is 5.91 Å². The van der Waals surface area contributed by atoms with Crippen LogP contribution in [-0.2, 0) is 4.79 Å². The number of nitrogens with one attached hydrogen (secondary N) is 1. The number of amides is 1. The molecule has 3 N–H and O–H groups in total. The molecular weight excluding hydrogens is 342 g/mol. The third-order valence-electron chi connectivity index (χ3n) is 5.04. The number of halogens is 1. The van der Waals surface area contributed by atoms with E-state index in [0.717, 1.165) is 35.2 Å². The van der Waals surface area contributed by atoms with Crippen molar-refractivity contribution in [2.75, 3.05) is 25.0 Å². The number of nitrogens with zero attached hydrogens (tertiary/aromatic N) is 1. The molecule has 1 saturated carbocycles. The van der Waals surface area contributed by atoms with Gasteiger partial charge in [0, 0.05) is 29.3 Å². The van der Waals surface area contributed by atoms with Gasteiger partial charge in [0.05, 0.1) is 6.54 Å². The number of likely N-dealkylation sites (tertiary alicyclic amines) is 1. The number of anilines is 1. The van der Waals surface area contributed by atoms with Crippen LogP contribution in [0.2, 0.25) is 0 Å². The van der Waals surface area contributed by atoms with Gasteiger partial charge in [0.25, 0.3) is 0 Å². The van der Waals surface area contributed by atoms with E-state index in [2.05, 4.69) is 26.1 Å². The minimum absolute atomic E-state index is 0.0638. The van der Waals surface area contributed by atoms with Crippen molar-refractivity contribution in [2.45, 2.75) is 32.2 Å². The molecule has 2 aliphatic rings. The maximum Gasteiger partial charge on any atom is 0.238 e. The summed E-state index contributed by atoms with van der Waals surface area (Å²) in [4.78, 5) is 14.5. The van der Waals surface area contributed by atoms with Crippen molar-refractivity contribution >= 4 is 27.5 Å². The summed E-state index contributed by atoms with van der Waals surface area (Å²) >= 11 is 3.47. The zero-order valence-corrected chi connectivity index (χ0v) is 14.6. The highest BCUT2D eigenvalue weighted by Crippen LogP contribution is 2.35. The molecule has 3 unspecified atom stereocenters. The molecule has 1 amide bonds. The first-order valence-electron chi connectivity index (χ1n) is 8.07. The van der Waals surface area contributed by atoms with Crippen LogP contribution in [0, 0.1) is 18.8 Å². The predicted octanol–water partition coefficient (Wildman–Crippen LogP) is 2.76. The smallest absolute Gasteiger partial charge is 0.238 e. The maximum atomic E-state index is 12.3. The molecule has 0 bridgehead atoms. The van der Waals surface area contributed by atoms with Crippen LogP contribution in [0.1, 0.15) is 24.8 Å². The lowest BCUT2D eigenvalue weighted by Crippen LogP contribution is -2.38. The molecule has 1 aliphatic carbocycles. The van der Waals surface area contributed by atoms with Gasteiger partial charge in [-0.05, 0) is 55.4 Å². The SMILES string of the molecule is Cc1cc(NC(=O)CN2CC3CCCC(N)C3C2)ccc1Br. The molecule has 0 spiro atoms. The summed E-state index contributed by atoms with van der Waals surface area (Å²) in [6.07, 6.45) is 3.64. The van der Waals surface area contributed by atoms with Crippen molar-refractivity contribution in [1.82, 2.24) is 4.90 Å². The Morgan fingerprint density at radius 3 is 2.95 bits per heavy atom. The highest BCUT2D eigenvalue weighted by molar-refractivity contribution is 9.10. The number of hydrogen-bond donors (Lipinski definition) is 2. The number of carbonyl (C=O) groups excluding carboxylic acids is 1. The van der Waals surface area contributed by atoms with Gasteiger partial charge in [0.1, 0.15) is 0 Å². The highest BCUT2D eigenvalue weighted by atomic mass is 79.9. The molecule has 3 rings (SSSR count). The number of aryl methyl sites for hydroxylation is 1. The van der Waals surface area contributed by atoms with E-state index in [4.69, 9.17) is 5.73 Å². The molecule has 0 radical (unpaired) electrons. The summed E-state index contributed by atoms with van der Waals surface area (Å²) in [7, 11) is 0. The number of nitrogens with two attached hydrogens (primary N) is 1. The lowest BCUT2D eigenvalue weighted by Gasteiger charge is -2.29. The van der Waals surface area contributed by atoms with E-state index in [1.807, 2.05) is 25.1 Å². The minimum Gasteiger partial charge on any atom is -0.327 e. The van der Waals surface area contributed by atoms with Crippen LogP contribution in [-0.4, -0.2) is 36.5 Å². The number of hydrogen-bond acceptors (Lipinski definition) is 3. The first-order chi connectivity index (χ1) is 10.5. The van der Waals surface area contributed by atoms with Crippen LogP contribution < -0.4 is 11.1 Å². The third kappa shape index (κ3) is 3.53. The van der Waals surface area contributed by atoms with Crippen molar-refractivity contribution in [2.24, 2.45) is 17.6 Å². The van der Waals surface area contributed by atoms with E-state index in [1.54, 1.807) is 0 Å². The monoisotopic (exact) mass is 365 g/mol. The molecule has 1 heterocycles. The Bertz CT molecular complexity index is 563. The lowest BCUT2D eigenvalue weighted by molar-refractivity contribution is -0.117. The average molecular weight is 366 g/mol. The number of carbonyl (C=O) groups is 1. The predicted molar refractivity (Wildman–Crippen MR) is 92.8 cm³/mol. The van der Waals surface area contributed by atoms with Crippen LogP contribution in [0.3, 0.4) is 0 Å². The second-order valence-corrected chi connectivity index (χ2v) is 7.58. The summed E-state index contributed by atoms with van der Waals surface area (Å²) in [5, 5.41) is 3.00. The van der Waals surface area contributed by atoms with Gasteiger partial charge >= 0.3 is 0 Å². The van der Waals surface area contributed by atoms with Gasteiger partial charge < -0.3 is 11.1 Å². The van der Waals surface area contributed by atoms with Crippen LogP contribution in [0.4, 0.5) is 5.69 Å². The minimum atomic E-state index is 0.0638. The molecule has 0 aromatic heterocycles. The fourth-order valence-corrected chi connectivity index (χ4v) is 4.11. The molecule has 1 aliphatic heterocycles. The van der Waals surface area contributed by atoms with Crippen molar-refractivity contribution in [3.05, 3.63) is 28.2 Å². The zero-order valence-electron chi connectivity index (χ0n) is 13.0. The van der Waals surface area contributed by atoms with Crippen molar-refractivity contribution in [3.63, 3.8) is 0 Å². The number of fused-ring (bicyclic) bond motifs is 1. The molecular formula is C17H24BrN3O. The Morgan fingerprint density at radius 2 is 2.23 bits per heavy atom. The molecule has 22 heavy (non-hydrogen) atoms. The van der Waals surface area contributed by atoms with E-state index in [0.29, 0.717) is 24.4 Å². The van der Waals surface area contributed by atoms with Crippen LogP contribution >= 0.6 is 15.9 Å². The van der Waals surface area contributed by atoms with E-state index in [9.17, 15) is 4.79 Å². The Hall–Kier alpha value is -0.910. The normalized spacial score (nSPS) is 28.4. The van der Waals surface area contributed by atoms with Crippen molar-refractivity contribution < 1.29 is 4.79 Å². The Morgan fingerprint density at radius 1 is 1.41 bits per heavy atom. The summed E-state index contributed by atoms with van der Waals surface area (Å²) in [6.45, 7) is 4.48.